The Morgan fingerprint density at radius 2 is 1.74 bits per heavy atom. The standard InChI is InChI=1S/C15H13F2NO/c1-9-3-5-12(14(17)7-9)15(19)18-11-4-6-13(16)10(2)8-11/h3-8H,1-2H3,(H,18,19). The van der Waals surface area contributed by atoms with E-state index < -0.39 is 11.7 Å². The summed E-state index contributed by atoms with van der Waals surface area (Å²) in [5, 5.41) is 2.54. The van der Waals surface area contributed by atoms with Gasteiger partial charge in [0.2, 0.25) is 0 Å². The number of carbonyl (C=O) groups is 1. The summed E-state index contributed by atoms with van der Waals surface area (Å²) in [5.74, 6) is -1.47. The van der Waals surface area contributed by atoms with Crippen LogP contribution in [0, 0.1) is 25.5 Å². The molecule has 98 valence electrons. The summed E-state index contributed by atoms with van der Waals surface area (Å²) in [5.41, 5.74) is 1.56. The van der Waals surface area contributed by atoms with Crippen molar-refractivity contribution >= 4 is 11.6 Å². The summed E-state index contributed by atoms with van der Waals surface area (Å²) < 4.78 is 26.7. The molecule has 0 aliphatic heterocycles. The Morgan fingerprint density at radius 1 is 1.00 bits per heavy atom. The molecule has 0 radical (unpaired) electrons. The van der Waals surface area contributed by atoms with E-state index in [-0.39, 0.29) is 11.4 Å². The molecule has 19 heavy (non-hydrogen) atoms. The van der Waals surface area contributed by atoms with Crippen molar-refractivity contribution in [3.05, 3.63) is 64.7 Å². The van der Waals surface area contributed by atoms with Gasteiger partial charge in [0.05, 0.1) is 5.56 Å². The molecule has 0 fully saturated rings. The summed E-state index contributed by atoms with van der Waals surface area (Å²) in [6.07, 6.45) is 0. The first-order valence-electron chi connectivity index (χ1n) is 5.81. The van der Waals surface area contributed by atoms with E-state index in [9.17, 15) is 13.6 Å². The molecule has 0 aliphatic carbocycles. The Hall–Kier alpha value is -2.23. The number of nitrogens with one attached hydrogen (secondary N) is 1. The largest absolute Gasteiger partial charge is 0.322 e. The van der Waals surface area contributed by atoms with Gasteiger partial charge in [0.25, 0.3) is 5.91 Å². The second-order valence-corrected chi connectivity index (χ2v) is 4.40. The van der Waals surface area contributed by atoms with Crippen LogP contribution in [-0.4, -0.2) is 5.91 Å². The van der Waals surface area contributed by atoms with Crippen LogP contribution < -0.4 is 5.32 Å². The number of halogens is 2. The molecule has 0 spiro atoms. The molecule has 0 aromatic heterocycles. The van der Waals surface area contributed by atoms with E-state index in [1.165, 1.54) is 30.3 Å². The van der Waals surface area contributed by atoms with Crippen molar-refractivity contribution in [1.29, 1.82) is 0 Å². The lowest BCUT2D eigenvalue weighted by molar-refractivity contribution is 0.102. The predicted octanol–water partition coefficient (Wildman–Crippen LogP) is 3.83. The third-order valence-corrected chi connectivity index (χ3v) is 2.79. The molecule has 2 nitrogen and oxygen atoms in total. The summed E-state index contributed by atoms with van der Waals surface area (Å²) in [6.45, 7) is 3.34. The highest BCUT2D eigenvalue weighted by Crippen LogP contribution is 2.16. The highest BCUT2D eigenvalue weighted by Gasteiger charge is 2.12. The van der Waals surface area contributed by atoms with Crippen molar-refractivity contribution in [2.24, 2.45) is 0 Å². The molecule has 0 atom stereocenters. The maximum atomic E-state index is 13.6. The molecule has 0 bridgehead atoms. The van der Waals surface area contributed by atoms with Gasteiger partial charge in [-0.05, 0) is 55.3 Å². The fraction of sp³-hybridized carbons (Fsp3) is 0.133. The van der Waals surface area contributed by atoms with E-state index in [0.29, 0.717) is 11.3 Å². The normalized spacial score (nSPS) is 10.3. The third-order valence-electron chi connectivity index (χ3n) is 2.79. The zero-order chi connectivity index (χ0) is 14.0. The average Bonchev–Trinajstić information content (AvgIpc) is 2.33. The Morgan fingerprint density at radius 3 is 2.37 bits per heavy atom. The minimum atomic E-state index is -0.573. The van der Waals surface area contributed by atoms with Gasteiger partial charge in [-0.15, -0.1) is 0 Å². The monoisotopic (exact) mass is 261 g/mol. The van der Waals surface area contributed by atoms with Gasteiger partial charge in [0.15, 0.2) is 0 Å². The number of amides is 1. The summed E-state index contributed by atoms with van der Waals surface area (Å²) in [6, 6.07) is 8.58. The molecule has 0 saturated heterocycles. The molecule has 0 aliphatic rings. The Labute approximate surface area is 110 Å². The number of hydrogen-bond donors (Lipinski definition) is 1. The van der Waals surface area contributed by atoms with Gasteiger partial charge in [-0.25, -0.2) is 8.78 Å². The zero-order valence-corrected chi connectivity index (χ0v) is 10.6. The van der Waals surface area contributed by atoms with Crippen molar-refractivity contribution < 1.29 is 13.6 Å². The number of aryl methyl sites for hydroxylation is 2. The second-order valence-electron chi connectivity index (χ2n) is 4.40. The maximum Gasteiger partial charge on any atom is 0.258 e. The fourth-order valence-corrected chi connectivity index (χ4v) is 1.73. The summed E-state index contributed by atoms with van der Waals surface area (Å²) >= 11 is 0. The van der Waals surface area contributed by atoms with Crippen LogP contribution in [0.25, 0.3) is 0 Å². The van der Waals surface area contributed by atoms with Gasteiger partial charge >= 0.3 is 0 Å². The van der Waals surface area contributed by atoms with E-state index in [0.717, 1.165) is 5.56 Å². The van der Waals surface area contributed by atoms with Crippen LogP contribution in [0.3, 0.4) is 0 Å². The van der Waals surface area contributed by atoms with Crippen LogP contribution in [0.4, 0.5) is 14.5 Å². The Kier molecular flexibility index (Phi) is 3.60. The molecule has 2 aromatic rings. The highest BCUT2D eigenvalue weighted by atomic mass is 19.1. The van der Waals surface area contributed by atoms with Gasteiger partial charge in [0, 0.05) is 5.69 Å². The molecular weight excluding hydrogens is 248 g/mol. The van der Waals surface area contributed by atoms with Crippen molar-refractivity contribution in [2.75, 3.05) is 5.32 Å². The Balaban J connectivity index is 2.23. The molecule has 0 unspecified atom stereocenters. The van der Waals surface area contributed by atoms with E-state index in [1.54, 1.807) is 19.9 Å². The minimum absolute atomic E-state index is 0.0346. The SMILES string of the molecule is Cc1ccc(C(=O)Nc2ccc(F)c(C)c2)c(F)c1. The van der Waals surface area contributed by atoms with E-state index >= 15 is 0 Å². The first kappa shape index (κ1) is 13.2. The summed E-state index contributed by atoms with van der Waals surface area (Å²) in [7, 11) is 0. The minimum Gasteiger partial charge on any atom is -0.322 e. The van der Waals surface area contributed by atoms with E-state index in [2.05, 4.69) is 5.32 Å². The number of anilines is 1. The topological polar surface area (TPSA) is 29.1 Å². The molecule has 1 N–H and O–H groups in total. The molecule has 2 aromatic carbocycles. The van der Waals surface area contributed by atoms with Gasteiger partial charge in [-0.3, -0.25) is 4.79 Å². The van der Waals surface area contributed by atoms with Crippen LogP contribution in [0.5, 0.6) is 0 Å². The van der Waals surface area contributed by atoms with Gasteiger partial charge in [0.1, 0.15) is 11.6 Å². The van der Waals surface area contributed by atoms with Crippen LogP contribution in [0.2, 0.25) is 0 Å². The lowest BCUT2D eigenvalue weighted by Crippen LogP contribution is -2.14. The third kappa shape index (κ3) is 2.96. The van der Waals surface area contributed by atoms with Crippen molar-refractivity contribution in [1.82, 2.24) is 0 Å². The number of hydrogen-bond acceptors (Lipinski definition) is 1. The van der Waals surface area contributed by atoms with E-state index in [4.69, 9.17) is 0 Å². The van der Waals surface area contributed by atoms with Crippen LogP contribution in [-0.2, 0) is 0 Å². The predicted molar refractivity (Wildman–Crippen MR) is 70.2 cm³/mol. The first-order chi connectivity index (χ1) is 8.97. The number of carbonyl (C=O) groups excluding carboxylic acids is 1. The fourth-order valence-electron chi connectivity index (χ4n) is 1.73. The van der Waals surface area contributed by atoms with Crippen LogP contribution in [0.1, 0.15) is 21.5 Å². The van der Waals surface area contributed by atoms with Crippen molar-refractivity contribution in [2.45, 2.75) is 13.8 Å². The van der Waals surface area contributed by atoms with Crippen LogP contribution in [0.15, 0.2) is 36.4 Å². The molecule has 2 rings (SSSR count). The molecule has 4 heteroatoms. The molecule has 0 heterocycles. The second kappa shape index (κ2) is 5.18. The van der Waals surface area contributed by atoms with Crippen LogP contribution >= 0.6 is 0 Å². The average molecular weight is 261 g/mol. The van der Waals surface area contributed by atoms with Gasteiger partial charge in [-0.2, -0.15) is 0 Å². The van der Waals surface area contributed by atoms with Gasteiger partial charge in [-0.1, -0.05) is 6.07 Å². The molecule has 0 saturated carbocycles. The van der Waals surface area contributed by atoms with E-state index in [1.807, 2.05) is 0 Å². The lowest BCUT2D eigenvalue weighted by atomic mass is 10.1. The zero-order valence-electron chi connectivity index (χ0n) is 10.6. The first-order valence-corrected chi connectivity index (χ1v) is 5.81. The van der Waals surface area contributed by atoms with Gasteiger partial charge < -0.3 is 5.32 Å². The van der Waals surface area contributed by atoms with Crippen molar-refractivity contribution in [3.8, 4) is 0 Å². The number of benzene rings is 2. The highest BCUT2D eigenvalue weighted by molar-refractivity contribution is 6.04. The maximum absolute atomic E-state index is 13.6. The Bertz CT molecular complexity index is 638. The smallest absolute Gasteiger partial charge is 0.258 e. The lowest BCUT2D eigenvalue weighted by Gasteiger charge is -2.07. The quantitative estimate of drug-likeness (QED) is 0.874. The number of rotatable bonds is 2. The molecule has 1 amide bonds. The van der Waals surface area contributed by atoms with Crippen molar-refractivity contribution in [3.63, 3.8) is 0 Å². The summed E-state index contributed by atoms with van der Waals surface area (Å²) in [4.78, 5) is 11.9. The molecular formula is C15H13F2NO.